The average molecular weight is 308 g/mol. The Balaban J connectivity index is 2.36. The SMILES string of the molecule is FC(F)(F)c1cc(Nc2ccccc2Cl)nc(Cl)n1. The smallest absolute Gasteiger partial charge is 0.339 e. The largest absolute Gasteiger partial charge is 0.433 e. The molecule has 0 fully saturated rings. The van der Waals surface area contributed by atoms with E-state index in [0.717, 1.165) is 6.07 Å². The minimum atomic E-state index is -4.59. The number of alkyl halides is 3. The van der Waals surface area contributed by atoms with E-state index in [9.17, 15) is 13.2 Å². The number of para-hydroxylation sites is 1. The minimum Gasteiger partial charge on any atom is -0.339 e. The second kappa shape index (κ2) is 5.22. The summed E-state index contributed by atoms with van der Waals surface area (Å²) in [5.41, 5.74) is -0.700. The molecule has 0 saturated heterocycles. The molecular weight excluding hydrogens is 302 g/mol. The predicted molar refractivity (Wildman–Crippen MR) is 66.8 cm³/mol. The summed E-state index contributed by atoms with van der Waals surface area (Å²) in [4.78, 5) is 6.79. The third kappa shape index (κ3) is 3.48. The van der Waals surface area contributed by atoms with Crippen molar-refractivity contribution in [2.24, 2.45) is 0 Å². The molecule has 0 radical (unpaired) electrons. The highest BCUT2D eigenvalue weighted by Crippen LogP contribution is 2.31. The lowest BCUT2D eigenvalue weighted by Gasteiger charge is -2.10. The molecule has 0 spiro atoms. The molecule has 0 amide bonds. The number of hydrogen-bond acceptors (Lipinski definition) is 3. The molecule has 0 unspecified atom stereocenters. The van der Waals surface area contributed by atoms with Crippen LogP contribution in [0, 0.1) is 0 Å². The van der Waals surface area contributed by atoms with Gasteiger partial charge in [0, 0.05) is 6.07 Å². The van der Waals surface area contributed by atoms with Crippen LogP contribution in [-0.4, -0.2) is 9.97 Å². The second-order valence-corrected chi connectivity index (χ2v) is 4.26. The molecule has 1 heterocycles. The second-order valence-electron chi connectivity index (χ2n) is 3.51. The van der Waals surface area contributed by atoms with E-state index >= 15 is 0 Å². The molecular formula is C11H6Cl2F3N3. The third-order valence-corrected chi connectivity index (χ3v) is 2.62. The van der Waals surface area contributed by atoms with Gasteiger partial charge in [0.15, 0.2) is 5.69 Å². The van der Waals surface area contributed by atoms with Crippen LogP contribution in [0.15, 0.2) is 30.3 Å². The van der Waals surface area contributed by atoms with Crippen LogP contribution in [-0.2, 0) is 6.18 Å². The van der Waals surface area contributed by atoms with Gasteiger partial charge in [0.25, 0.3) is 0 Å². The molecule has 0 aliphatic rings. The van der Waals surface area contributed by atoms with E-state index in [1.165, 1.54) is 0 Å². The topological polar surface area (TPSA) is 37.8 Å². The van der Waals surface area contributed by atoms with Crippen molar-refractivity contribution in [3.05, 3.63) is 46.3 Å². The summed E-state index contributed by atoms with van der Waals surface area (Å²) >= 11 is 11.3. The highest BCUT2D eigenvalue weighted by molar-refractivity contribution is 6.33. The van der Waals surface area contributed by atoms with Crippen molar-refractivity contribution in [1.29, 1.82) is 0 Å². The molecule has 1 N–H and O–H groups in total. The lowest BCUT2D eigenvalue weighted by atomic mass is 10.3. The van der Waals surface area contributed by atoms with Gasteiger partial charge in [-0.1, -0.05) is 23.7 Å². The normalized spacial score (nSPS) is 11.4. The maximum atomic E-state index is 12.6. The summed E-state index contributed by atoms with van der Waals surface area (Å²) < 4.78 is 37.7. The summed E-state index contributed by atoms with van der Waals surface area (Å²) in [6, 6.07) is 7.33. The van der Waals surface area contributed by atoms with E-state index in [-0.39, 0.29) is 5.82 Å². The van der Waals surface area contributed by atoms with E-state index in [1.54, 1.807) is 24.3 Å². The van der Waals surface area contributed by atoms with Crippen LogP contribution in [0.4, 0.5) is 24.7 Å². The third-order valence-electron chi connectivity index (χ3n) is 2.13. The van der Waals surface area contributed by atoms with Crippen LogP contribution in [0.1, 0.15) is 5.69 Å². The molecule has 100 valence electrons. The van der Waals surface area contributed by atoms with Crippen LogP contribution in [0.25, 0.3) is 0 Å². The van der Waals surface area contributed by atoms with Gasteiger partial charge in [0.2, 0.25) is 5.28 Å². The summed E-state index contributed by atoms with van der Waals surface area (Å²) in [6.07, 6.45) is -4.59. The van der Waals surface area contributed by atoms with Gasteiger partial charge in [-0.15, -0.1) is 0 Å². The number of benzene rings is 1. The summed E-state index contributed by atoms with van der Waals surface area (Å²) in [7, 11) is 0. The molecule has 8 heteroatoms. The van der Waals surface area contributed by atoms with E-state index < -0.39 is 17.2 Å². The fourth-order valence-electron chi connectivity index (χ4n) is 1.33. The lowest BCUT2D eigenvalue weighted by Crippen LogP contribution is -2.10. The first-order valence-corrected chi connectivity index (χ1v) is 5.75. The first-order valence-electron chi connectivity index (χ1n) is 4.99. The van der Waals surface area contributed by atoms with Crippen molar-refractivity contribution in [3.8, 4) is 0 Å². The van der Waals surface area contributed by atoms with Crippen molar-refractivity contribution in [3.63, 3.8) is 0 Å². The lowest BCUT2D eigenvalue weighted by molar-refractivity contribution is -0.141. The molecule has 19 heavy (non-hydrogen) atoms. The fraction of sp³-hybridized carbons (Fsp3) is 0.0909. The minimum absolute atomic E-state index is 0.0829. The average Bonchev–Trinajstić information content (AvgIpc) is 2.30. The standard InChI is InChI=1S/C11H6Cl2F3N3/c12-6-3-1-2-4-7(6)17-9-5-8(11(14,15)16)18-10(13)19-9/h1-5H,(H,17,18,19). The van der Waals surface area contributed by atoms with E-state index in [2.05, 4.69) is 15.3 Å². The molecule has 0 aliphatic heterocycles. The van der Waals surface area contributed by atoms with Gasteiger partial charge in [-0.05, 0) is 23.7 Å². The summed E-state index contributed by atoms with van der Waals surface area (Å²) in [5.74, 6) is -0.0829. The summed E-state index contributed by atoms with van der Waals surface area (Å²) in [6.45, 7) is 0. The highest BCUT2D eigenvalue weighted by atomic mass is 35.5. The molecule has 2 aromatic rings. The van der Waals surface area contributed by atoms with Gasteiger partial charge in [-0.25, -0.2) is 9.97 Å². The van der Waals surface area contributed by atoms with Crippen molar-refractivity contribution < 1.29 is 13.2 Å². The van der Waals surface area contributed by atoms with Crippen LogP contribution in [0.5, 0.6) is 0 Å². The van der Waals surface area contributed by atoms with Crippen molar-refractivity contribution in [2.45, 2.75) is 6.18 Å². The van der Waals surface area contributed by atoms with E-state index in [0.29, 0.717) is 10.7 Å². The van der Waals surface area contributed by atoms with Crippen LogP contribution >= 0.6 is 23.2 Å². The molecule has 0 bridgehead atoms. The number of aromatic nitrogens is 2. The number of hydrogen-bond donors (Lipinski definition) is 1. The van der Waals surface area contributed by atoms with Crippen LogP contribution < -0.4 is 5.32 Å². The number of halogens is 5. The molecule has 3 nitrogen and oxygen atoms in total. The van der Waals surface area contributed by atoms with Gasteiger partial charge in [0.05, 0.1) is 10.7 Å². The Bertz CT molecular complexity index is 602. The van der Waals surface area contributed by atoms with Gasteiger partial charge in [-0.3, -0.25) is 0 Å². The molecule has 1 aromatic heterocycles. The van der Waals surface area contributed by atoms with Gasteiger partial charge >= 0.3 is 6.18 Å². The Morgan fingerprint density at radius 1 is 1.05 bits per heavy atom. The number of rotatable bonds is 2. The first-order chi connectivity index (χ1) is 8.86. The molecule has 0 atom stereocenters. The summed E-state index contributed by atoms with van der Waals surface area (Å²) in [5, 5.41) is 2.51. The molecule has 2 rings (SSSR count). The maximum absolute atomic E-state index is 12.6. The van der Waals surface area contributed by atoms with Crippen molar-refractivity contribution in [2.75, 3.05) is 5.32 Å². The monoisotopic (exact) mass is 307 g/mol. The van der Waals surface area contributed by atoms with E-state index in [4.69, 9.17) is 23.2 Å². The highest BCUT2D eigenvalue weighted by Gasteiger charge is 2.33. The molecule has 0 saturated carbocycles. The Hall–Kier alpha value is -1.53. The maximum Gasteiger partial charge on any atom is 0.433 e. The Morgan fingerprint density at radius 3 is 2.37 bits per heavy atom. The number of anilines is 2. The Labute approximate surface area is 116 Å². The molecule has 1 aromatic carbocycles. The predicted octanol–water partition coefficient (Wildman–Crippen LogP) is 4.55. The zero-order valence-electron chi connectivity index (χ0n) is 9.17. The number of nitrogens with zero attached hydrogens (tertiary/aromatic N) is 2. The van der Waals surface area contributed by atoms with Crippen LogP contribution in [0.2, 0.25) is 10.3 Å². The molecule has 0 aliphatic carbocycles. The number of nitrogens with one attached hydrogen (secondary N) is 1. The zero-order chi connectivity index (χ0) is 14.0. The van der Waals surface area contributed by atoms with E-state index in [1.807, 2.05) is 0 Å². The van der Waals surface area contributed by atoms with Crippen molar-refractivity contribution in [1.82, 2.24) is 9.97 Å². The zero-order valence-corrected chi connectivity index (χ0v) is 10.7. The van der Waals surface area contributed by atoms with Gasteiger partial charge in [-0.2, -0.15) is 13.2 Å². The Kier molecular flexibility index (Phi) is 3.82. The van der Waals surface area contributed by atoms with Gasteiger partial charge < -0.3 is 5.32 Å². The Morgan fingerprint density at radius 2 is 1.74 bits per heavy atom. The van der Waals surface area contributed by atoms with Gasteiger partial charge in [0.1, 0.15) is 5.82 Å². The van der Waals surface area contributed by atoms with Crippen LogP contribution in [0.3, 0.4) is 0 Å². The fourth-order valence-corrected chi connectivity index (χ4v) is 1.69. The first kappa shape index (κ1) is 13.9. The van der Waals surface area contributed by atoms with Crippen molar-refractivity contribution >= 4 is 34.7 Å². The quantitative estimate of drug-likeness (QED) is 0.827.